The van der Waals surface area contributed by atoms with E-state index in [0.29, 0.717) is 25.9 Å². The summed E-state index contributed by atoms with van der Waals surface area (Å²) in [4.78, 5) is 27.7. The van der Waals surface area contributed by atoms with Crippen LogP contribution in [0.5, 0.6) is 0 Å². The zero-order valence-corrected chi connectivity index (χ0v) is 17.5. The normalized spacial score (nSPS) is 11.7. The van der Waals surface area contributed by atoms with Crippen LogP contribution in [0, 0.1) is 13.8 Å². The number of benzene rings is 2. The van der Waals surface area contributed by atoms with Gasteiger partial charge in [-0.1, -0.05) is 73.5 Å². The summed E-state index contributed by atoms with van der Waals surface area (Å²) in [5, 5.41) is 2.95. The average molecular weight is 381 g/mol. The van der Waals surface area contributed by atoms with E-state index >= 15 is 0 Å². The van der Waals surface area contributed by atoms with Crippen LogP contribution in [0.3, 0.4) is 0 Å². The molecule has 0 aliphatic heterocycles. The molecule has 0 bridgehead atoms. The van der Waals surface area contributed by atoms with E-state index in [2.05, 4.69) is 11.4 Å². The van der Waals surface area contributed by atoms with Crippen molar-refractivity contribution in [2.24, 2.45) is 0 Å². The third kappa shape index (κ3) is 6.22. The molecule has 0 fully saturated rings. The molecule has 150 valence electrons. The van der Waals surface area contributed by atoms with E-state index in [1.165, 1.54) is 0 Å². The number of hydrogen-bond donors (Lipinski definition) is 1. The molecule has 2 aromatic rings. The lowest BCUT2D eigenvalue weighted by Gasteiger charge is -2.31. The molecular formula is C24H32N2O2. The molecule has 0 heterocycles. The Morgan fingerprint density at radius 1 is 0.964 bits per heavy atom. The Balaban J connectivity index is 2.27. The Labute approximate surface area is 169 Å². The maximum Gasteiger partial charge on any atom is 0.242 e. The maximum atomic E-state index is 13.3. The first-order chi connectivity index (χ1) is 13.4. The summed E-state index contributed by atoms with van der Waals surface area (Å²) in [6, 6.07) is 15.6. The van der Waals surface area contributed by atoms with Crippen LogP contribution in [-0.4, -0.2) is 29.3 Å². The summed E-state index contributed by atoms with van der Waals surface area (Å²) in [5.74, 6) is -0.0959. The van der Waals surface area contributed by atoms with Crippen molar-refractivity contribution in [1.29, 1.82) is 0 Å². The maximum absolute atomic E-state index is 13.3. The van der Waals surface area contributed by atoms with Crippen molar-refractivity contribution in [3.05, 3.63) is 70.8 Å². The van der Waals surface area contributed by atoms with Gasteiger partial charge in [0.2, 0.25) is 11.8 Å². The lowest BCUT2D eigenvalue weighted by molar-refractivity contribution is -0.140. The molecule has 0 spiro atoms. The zero-order chi connectivity index (χ0) is 20.5. The number of hydrogen-bond acceptors (Lipinski definition) is 2. The number of aryl methyl sites for hydroxylation is 2. The Bertz CT molecular complexity index is 766. The van der Waals surface area contributed by atoms with Crippen molar-refractivity contribution >= 4 is 11.8 Å². The van der Waals surface area contributed by atoms with Gasteiger partial charge in [-0.25, -0.2) is 0 Å². The van der Waals surface area contributed by atoms with Gasteiger partial charge in [0.1, 0.15) is 6.04 Å². The topological polar surface area (TPSA) is 49.4 Å². The van der Waals surface area contributed by atoms with E-state index in [1.807, 2.05) is 70.2 Å². The average Bonchev–Trinajstić information content (AvgIpc) is 2.66. The molecule has 2 aromatic carbocycles. The fraction of sp³-hybridized carbons (Fsp3) is 0.417. The molecule has 1 N–H and O–H groups in total. The Kier molecular flexibility index (Phi) is 8.24. The monoisotopic (exact) mass is 380 g/mol. The van der Waals surface area contributed by atoms with Crippen molar-refractivity contribution < 1.29 is 9.59 Å². The quantitative estimate of drug-likeness (QED) is 0.709. The van der Waals surface area contributed by atoms with Crippen molar-refractivity contribution in [3.63, 3.8) is 0 Å². The first kappa shape index (κ1) is 21.7. The molecule has 0 saturated heterocycles. The molecule has 0 radical (unpaired) electrons. The number of amides is 2. The number of rotatable bonds is 9. The van der Waals surface area contributed by atoms with Crippen LogP contribution in [0.2, 0.25) is 0 Å². The zero-order valence-electron chi connectivity index (χ0n) is 17.5. The van der Waals surface area contributed by atoms with Gasteiger partial charge in [-0.2, -0.15) is 0 Å². The summed E-state index contributed by atoms with van der Waals surface area (Å²) in [6.45, 7) is 9.11. The van der Waals surface area contributed by atoms with Crippen molar-refractivity contribution in [2.75, 3.05) is 6.54 Å². The largest absolute Gasteiger partial charge is 0.354 e. The number of carbonyl (C=O) groups excluding carboxylic acids is 2. The van der Waals surface area contributed by atoms with Crippen LogP contribution in [-0.2, 0) is 22.6 Å². The number of nitrogens with one attached hydrogen (secondary N) is 1. The fourth-order valence-corrected chi connectivity index (χ4v) is 3.51. The molecule has 4 heteroatoms. The molecule has 4 nitrogen and oxygen atoms in total. The number of carbonyl (C=O) groups is 2. The van der Waals surface area contributed by atoms with Crippen LogP contribution in [0.15, 0.2) is 48.5 Å². The predicted molar refractivity (Wildman–Crippen MR) is 114 cm³/mol. The van der Waals surface area contributed by atoms with E-state index in [4.69, 9.17) is 0 Å². The van der Waals surface area contributed by atoms with Gasteiger partial charge in [-0.15, -0.1) is 0 Å². The molecule has 0 unspecified atom stereocenters. The van der Waals surface area contributed by atoms with E-state index in [0.717, 1.165) is 28.7 Å². The highest BCUT2D eigenvalue weighted by atomic mass is 16.2. The minimum absolute atomic E-state index is 0.0210. The molecule has 28 heavy (non-hydrogen) atoms. The summed E-state index contributed by atoms with van der Waals surface area (Å²) in [7, 11) is 0. The molecular weight excluding hydrogens is 348 g/mol. The third-order valence-corrected chi connectivity index (χ3v) is 4.77. The van der Waals surface area contributed by atoms with Crippen molar-refractivity contribution in [1.82, 2.24) is 10.2 Å². The molecule has 0 aromatic heterocycles. The van der Waals surface area contributed by atoms with Gasteiger partial charge in [-0.05, 0) is 37.8 Å². The Morgan fingerprint density at radius 3 is 2.18 bits per heavy atom. The summed E-state index contributed by atoms with van der Waals surface area (Å²) in [5.41, 5.74) is 4.30. The van der Waals surface area contributed by atoms with Crippen LogP contribution in [0.4, 0.5) is 0 Å². The molecule has 0 aliphatic rings. The molecule has 1 atom stereocenters. The van der Waals surface area contributed by atoms with Gasteiger partial charge in [0, 0.05) is 13.1 Å². The van der Waals surface area contributed by atoms with E-state index in [9.17, 15) is 9.59 Å². The van der Waals surface area contributed by atoms with Gasteiger partial charge in [0.15, 0.2) is 0 Å². The molecule has 2 rings (SSSR count). The lowest BCUT2D eigenvalue weighted by atomic mass is 10.0. The smallest absolute Gasteiger partial charge is 0.242 e. The predicted octanol–water partition coefficient (Wildman–Crippen LogP) is 4.18. The standard InChI is InChI=1S/C24H32N2O2/c1-5-12-25-24(28)22(6-2)26(17-20-10-8-7-9-11-20)23(27)16-21-14-18(3)13-19(4)15-21/h7-11,13-15,22H,5-6,12,16-17H2,1-4H3,(H,25,28)/t22-/m1/s1. The first-order valence-corrected chi connectivity index (χ1v) is 10.1. The van der Waals surface area contributed by atoms with Crippen LogP contribution in [0.1, 0.15) is 48.9 Å². The van der Waals surface area contributed by atoms with E-state index < -0.39 is 6.04 Å². The van der Waals surface area contributed by atoms with Gasteiger partial charge >= 0.3 is 0 Å². The molecule has 0 aliphatic carbocycles. The fourth-order valence-electron chi connectivity index (χ4n) is 3.51. The Hall–Kier alpha value is -2.62. The van der Waals surface area contributed by atoms with Crippen molar-refractivity contribution in [2.45, 2.75) is 59.5 Å². The van der Waals surface area contributed by atoms with Crippen LogP contribution < -0.4 is 5.32 Å². The van der Waals surface area contributed by atoms with Crippen molar-refractivity contribution in [3.8, 4) is 0 Å². The van der Waals surface area contributed by atoms with Gasteiger partial charge in [-0.3, -0.25) is 9.59 Å². The minimum atomic E-state index is -0.467. The summed E-state index contributed by atoms with van der Waals surface area (Å²) in [6.07, 6.45) is 1.76. The second-order valence-electron chi connectivity index (χ2n) is 7.40. The molecule has 2 amide bonds. The van der Waals surface area contributed by atoms with Crippen LogP contribution >= 0.6 is 0 Å². The first-order valence-electron chi connectivity index (χ1n) is 10.1. The van der Waals surface area contributed by atoms with Gasteiger partial charge in [0.05, 0.1) is 6.42 Å². The highest BCUT2D eigenvalue weighted by molar-refractivity contribution is 5.88. The Morgan fingerprint density at radius 2 is 1.61 bits per heavy atom. The highest BCUT2D eigenvalue weighted by Crippen LogP contribution is 2.16. The highest BCUT2D eigenvalue weighted by Gasteiger charge is 2.28. The second-order valence-corrected chi connectivity index (χ2v) is 7.40. The molecule has 0 saturated carbocycles. The minimum Gasteiger partial charge on any atom is -0.354 e. The third-order valence-electron chi connectivity index (χ3n) is 4.77. The second kappa shape index (κ2) is 10.6. The van der Waals surface area contributed by atoms with E-state index in [1.54, 1.807) is 4.90 Å². The van der Waals surface area contributed by atoms with Gasteiger partial charge in [0.25, 0.3) is 0 Å². The van der Waals surface area contributed by atoms with E-state index in [-0.39, 0.29) is 11.8 Å². The summed E-state index contributed by atoms with van der Waals surface area (Å²) >= 11 is 0. The van der Waals surface area contributed by atoms with Crippen LogP contribution in [0.25, 0.3) is 0 Å². The summed E-state index contributed by atoms with van der Waals surface area (Å²) < 4.78 is 0. The van der Waals surface area contributed by atoms with Gasteiger partial charge < -0.3 is 10.2 Å². The SMILES string of the molecule is CCCNC(=O)[C@@H](CC)N(Cc1ccccc1)C(=O)Cc1cc(C)cc(C)c1. The lowest BCUT2D eigenvalue weighted by Crippen LogP contribution is -2.49. The number of nitrogens with zero attached hydrogens (tertiary/aromatic N) is 1.